The number of hydrogen-bond donors (Lipinski definition) is 2. The van der Waals surface area contributed by atoms with Crippen LogP contribution in [0.2, 0.25) is 0 Å². The van der Waals surface area contributed by atoms with Crippen molar-refractivity contribution in [2.75, 3.05) is 14.2 Å². The Morgan fingerprint density at radius 2 is 1.94 bits per heavy atom. The number of methoxy groups -OCH3 is 2. The molecule has 1 aliphatic rings. The number of carbonyl (C=O) groups excluding carboxylic acids is 1. The van der Waals surface area contributed by atoms with Gasteiger partial charge in [0, 0.05) is 0 Å². The van der Waals surface area contributed by atoms with Crippen LogP contribution in [0.1, 0.15) is 22.0 Å². The lowest BCUT2D eigenvalue weighted by Gasteiger charge is -2.15. The molecule has 184 valence electrons. The number of halogens is 1. The van der Waals surface area contributed by atoms with Gasteiger partial charge in [-0.05, 0) is 35.6 Å². The van der Waals surface area contributed by atoms with Gasteiger partial charge in [-0.15, -0.1) is 10.2 Å². The zero-order chi connectivity index (χ0) is 25.9. The average Bonchev–Trinajstić information content (AvgIpc) is 3.28. The summed E-state index contributed by atoms with van der Waals surface area (Å²) >= 11 is 0. The summed E-state index contributed by atoms with van der Waals surface area (Å²) in [6.07, 6.45) is 1.41. The van der Waals surface area contributed by atoms with Crippen LogP contribution in [0.3, 0.4) is 0 Å². The number of phenolic OH excluding ortho intramolecular Hbond substituents is 1. The molecule has 36 heavy (non-hydrogen) atoms. The molecule has 0 unspecified atom stereocenters. The lowest BCUT2D eigenvalue weighted by molar-refractivity contribution is 0.0969. The summed E-state index contributed by atoms with van der Waals surface area (Å²) < 4.78 is 52.2. The van der Waals surface area contributed by atoms with Gasteiger partial charge in [0.1, 0.15) is 23.0 Å². The molecule has 2 aromatic carbocycles. The number of ether oxygens (including phenoxy) is 2. The second kappa shape index (κ2) is 9.88. The van der Waals surface area contributed by atoms with Crippen LogP contribution in [0.25, 0.3) is 11.4 Å². The fourth-order valence-corrected chi connectivity index (χ4v) is 4.38. The van der Waals surface area contributed by atoms with E-state index in [4.69, 9.17) is 9.47 Å². The largest absolute Gasteiger partial charge is 0.506 e. The number of benzene rings is 2. The molecule has 0 aliphatic carbocycles. The monoisotopic (exact) mass is 511 g/mol. The molecule has 4 rings (SSSR count). The van der Waals surface area contributed by atoms with E-state index in [9.17, 15) is 22.7 Å². The zero-order valence-electron chi connectivity index (χ0n) is 18.9. The van der Waals surface area contributed by atoms with Crippen LogP contribution in [-0.4, -0.2) is 54.3 Å². The molecule has 0 radical (unpaired) electrons. The highest BCUT2D eigenvalue weighted by molar-refractivity contribution is 7.89. The Hall–Kier alpha value is -4.70. The minimum Gasteiger partial charge on any atom is -0.506 e. The van der Waals surface area contributed by atoms with Gasteiger partial charge in [0.15, 0.2) is 11.5 Å². The van der Waals surface area contributed by atoms with Crippen LogP contribution in [0.5, 0.6) is 11.5 Å². The molecule has 1 amide bonds. The van der Waals surface area contributed by atoms with E-state index in [1.807, 2.05) is 4.72 Å². The number of sulfonamides is 1. The molecule has 1 aromatic heterocycles. The number of carbonyl (C=O) groups is 1. The number of nitrogens with zero attached hydrogens (tertiary/aromatic N) is 4. The van der Waals surface area contributed by atoms with Gasteiger partial charge in [-0.1, -0.05) is 23.9 Å². The van der Waals surface area contributed by atoms with Gasteiger partial charge in [0.25, 0.3) is 0 Å². The Morgan fingerprint density at radius 3 is 2.67 bits per heavy atom. The van der Waals surface area contributed by atoms with Gasteiger partial charge in [-0.3, -0.25) is 9.36 Å². The van der Waals surface area contributed by atoms with E-state index in [0.717, 1.165) is 10.6 Å². The lowest BCUT2D eigenvalue weighted by Crippen LogP contribution is -2.33. The predicted molar refractivity (Wildman–Crippen MR) is 126 cm³/mol. The van der Waals surface area contributed by atoms with Crippen LogP contribution in [0.15, 0.2) is 65.0 Å². The number of phenols is 1. The summed E-state index contributed by atoms with van der Waals surface area (Å²) in [5, 5.41) is 18.4. The minimum absolute atomic E-state index is 0.0359. The van der Waals surface area contributed by atoms with E-state index in [0.29, 0.717) is 0 Å². The summed E-state index contributed by atoms with van der Waals surface area (Å²) in [7, 11) is -1.55. The van der Waals surface area contributed by atoms with Crippen molar-refractivity contribution in [1.29, 1.82) is 0 Å². The summed E-state index contributed by atoms with van der Waals surface area (Å²) in [4.78, 5) is 17.3. The topological polar surface area (TPSA) is 145 Å². The third-order valence-corrected chi connectivity index (χ3v) is 6.02. The van der Waals surface area contributed by atoms with Crippen molar-refractivity contribution in [2.45, 2.75) is 5.75 Å². The maximum absolute atomic E-state index is 13.5. The normalized spacial score (nSPS) is 12.6. The SMILES string of the molecule is COC1=NC(c2nnc(C(=O)NS(=O)(=O)Cc3cccc(F)c3)n2-c2c(O)cccc2OC)=C=C=C1. The maximum atomic E-state index is 13.5. The Kier molecular flexibility index (Phi) is 6.71. The molecule has 11 nitrogen and oxygen atoms in total. The van der Waals surface area contributed by atoms with E-state index in [2.05, 4.69) is 26.7 Å². The first-order valence-corrected chi connectivity index (χ1v) is 11.8. The number of para-hydroxylation sites is 1. The number of aromatic hydroxyl groups is 1. The molecule has 0 bridgehead atoms. The predicted octanol–water partition coefficient (Wildman–Crippen LogP) is 2.09. The van der Waals surface area contributed by atoms with E-state index in [1.54, 1.807) is 0 Å². The molecule has 2 heterocycles. The van der Waals surface area contributed by atoms with Crippen molar-refractivity contribution < 1.29 is 32.2 Å². The van der Waals surface area contributed by atoms with Crippen molar-refractivity contribution in [1.82, 2.24) is 19.5 Å². The number of aromatic nitrogens is 3. The Labute approximate surface area is 204 Å². The molecule has 0 atom stereocenters. The van der Waals surface area contributed by atoms with Crippen LogP contribution in [0, 0.1) is 5.82 Å². The van der Waals surface area contributed by atoms with E-state index in [-0.39, 0.29) is 40.2 Å². The molecular formula is C23H18FN5O6S. The molecule has 3 aromatic rings. The molecule has 13 heteroatoms. The number of amides is 1. The summed E-state index contributed by atoms with van der Waals surface area (Å²) in [5.41, 5.74) is 5.53. The highest BCUT2D eigenvalue weighted by Gasteiger charge is 2.29. The third-order valence-electron chi connectivity index (χ3n) is 4.81. The van der Waals surface area contributed by atoms with E-state index in [1.165, 1.54) is 56.7 Å². The smallest absolute Gasteiger partial charge is 0.303 e. The first kappa shape index (κ1) is 24.4. The highest BCUT2D eigenvalue weighted by Crippen LogP contribution is 2.34. The standard InChI is InChI=1S/C23H18FN5O6S/c1-34-18-10-5-9-17(30)20(18)29-21(16-8-4-11-19(25-16)35-2)26-27-22(29)23(31)28-36(32,33)13-14-6-3-7-15(24)12-14/h3,5-7,9-12,30H,13H2,1-2H3,(H,28,31). The van der Waals surface area contributed by atoms with Gasteiger partial charge in [0.2, 0.25) is 21.7 Å². The summed E-state index contributed by atoms with van der Waals surface area (Å²) in [6, 6.07) is 9.31. The highest BCUT2D eigenvalue weighted by atomic mass is 32.2. The Balaban J connectivity index is 1.81. The molecule has 0 saturated heterocycles. The first-order valence-electron chi connectivity index (χ1n) is 10.2. The fraction of sp³-hybridized carbons (Fsp3) is 0.130. The molecule has 1 aliphatic heterocycles. The van der Waals surface area contributed by atoms with E-state index < -0.39 is 33.3 Å². The van der Waals surface area contributed by atoms with Crippen molar-refractivity contribution in [3.8, 4) is 17.2 Å². The zero-order valence-corrected chi connectivity index (χ0v) is 19.7. The quantitative estimate of drug-likeness (QED) is 0.459. The molecule has 0 fully saturated rings. The van der Waals surface area contributed by atoms with E-state index >= 15 is 0 Å². The molecular weight excluding hydrogens is 493 g/mol. The second-order valence-corrected chi connectivity index (χ2v) is 8.97. The van der Waals surface area contributed by atoms with Crippen LogP contribution < -0.4 is 9.46 Å². The molecule has 2 N–H and O–H groups in total. The van der Waals surface area contributed by atoms with Crippen LogP contribution in [-0.2, 0) is 20.5 Å². The van der Waals surface area contributed by atoms with Gasteiger partial charge < -0.3 is 14.6 Å². The number of rotatable bonds is 7. The van der Waals surface area contributed by atoms with Crippen LogP contribution in [0.4, 0.5) is 4.39 Å². The molecule has 0 saturated carbocycles. The third kappa shape index (κ3) is 5.03. The number of aliphatic imine (C=N–C) groups is 1. The maximum Gasteiger partial charge on any atom is 0.303 e. The lowest BCUT2D eigenvalue weighted by atomic mass is 10.2. The van der Waals surface area contributed by atoms with Gasteiger partial charge in [0.05, 0.1) is 26.0 Å². The average molecular weight is 511 g/mol. The van der Waals surface area contributed by atoms with Crippen molar-refractivity contribution >= 4 is 27.5 Å². The van der Waals surface area contributed by atoms with Crippen molar-refractivity contribution in [3.63, 3.8) is 0 Å². The number of hydrogen-bond acceptors (Lipinski definition) is 9. The second-order valence-electron chi connectivity index (χ2n) is 7.25. The van der Waals surface area contributed by atoms with Gasteiger partial charge in [-0.25, -0.2) is 22.5 Å². The first-order chi connectivity index (χ1) is 17.2. The van der Waals surface area contributed by atoms with Crippen molar-refractivity contribution in [3.05, 3.63) is 83.0 Å². The van der Waals surface area contributed by atoms with Gasteiger partial charge >= 0.3 is 5.91 Å². The Bertz CT molecular complexity index is 1600. The molecule has 0 spiro atoms. The van der Waals surface area contributed by atoms with Crippen molar-refractivity contribution in [2.24, 2.45) is 4.99 Å². The summed E-state index contributed by atoms with van der Waals surface area (Å²) in [6.45, 7) is 0. The van der Waals surface area contributed by atoms with Gasteiger partial charge in [-0.2, -0.15) is 0 Å². The Morgan fingerprint density at radius 1 is 1.17 bits per heavy atom. The number of nitrogens with one attached hydrogen (secondary N) is 1. The fourth-order valence-electron chi connectivity index (χ4n) is 3.31. The summed E-state index contributed by atoms with van der Waals surface area (Å²) in [5.74, 6) is -3.09. The van der Waals surface area contributed by atoms with Crippen LogP contribution >= 0.6 is 0 Å². The minimum atomic E-state index is -4.28.